The fourth-order valence-corrected chi connectivity index (χ4v) is 1.84. The fraction of sp³-hybridized carbons (Fsp3) is 0.368. The molecule has 5 N–H and O–H groups in total. The van der Waals surface area contributed by atoms with Gasteiger partial charge in [-0.15, -0.1) is 11.6 Å². The molecular weight excluding hydrogens is 356 g/mol. The van der Waals surface area contributed by atoms with E-state index >= 15 is 0 Å². The van der Waals surface area contributed by atoms with Gasteiger partial charge in [0, 0.05) is 19.0 Å². The molecule has 7 heteroatoms. The summed E-state index contributed by atoms with van der Waals surface area (Å²) in [5, 5.41) is 19.1. The second-order valence-corrected chi connectivity index (χ2v) is 5.19. The Morgan fingerprint density at radius 3 is 1.62 bits per heavy atom. The van der Waals surface area contributed by atoms with Crippen LogP contribution in [0.4, 0.5) is 0 Å². The number of hydrogen-bond acceptors (Lipinski definition) is 6. The maximum atomic E-state index is 8.49. The maximum absolute atomic E-state index is 8.49. The third kappa shape index (κ3) is 11.7. The van der Waals surface area contributed by atoms with Gasteiger partial charge in [-0.05, 0) is 35.4 Å². The standard InChI is InChI=1S/C9H13NO2.C8H9ClO.C2H7NO/c1-12-9-4-2-8(3-5-9)6-10-7-11;1-10-8-4-2-7(6-9)3-5-8;3-1-2-4/h2-5,10-11H,6-7H2,1H3;2-5H,6H2,1H3;4H,1-3H2. The normalized spacial score (nSPS) is 9.31. The molecule has 0 fully saturated rings. The molecule has 2 aromatic carbocycles. The molecule has 0 aliphatic rings. The van der Waals surface area contributed by atoms with Crippen molar-refractivity contribution in [3.63, 3.8) is 0 Å². The molecule has 0 atom stereocenters. The second kappa shape index (κ2) is 16.6. The summed E-state index contributed by atoms with van der Waals surface area (Å²) in [6, 6.07) is 15.4. The molecule has 0 heterocycles. The van der Waals surface area contributed by atoms with E-state index in [0.717, 1.165) is 22.6 Å². The molecule has 0 aromatic heterocycles. The van der Waals surface area contributed by atoms with Gasteiger partial charge in [-0.25, -0.2) is 0 Å². The number of nitrogens with one attached hydrogen (secondary N) is 1. The molecule has 0 unspecified atom stereocenters. The lowest BCUT2D eigenvalue weighted by molar-refractivity contribution is 0.259. The van der Waals surface area contributed by atoms with Crippen molar-refractivity contribution < 1.29 is 19.7 Å². The minimum absolute atomic E-state index is 0.00598. The highest BCUT2D eigenvalue weighted by atomic mass is 35.5. The topological polar surface area (TPSA) is 97.0 Å². The predicted molar refractivity (Wildman–Crippen MR) is 106 cm³/mol. The van der Waals surface area contributed by atoms with E-state index < -0.39 is 0 Å². The summed E-state index contributed by atoms with van der Waals surface area (Å²) in [7, 11) is 3.29. The van der Waals surface area contributed by atoms with Gasteiger partial charge in [-0.1, -0.05) is 24.3 Å². The number of halogens is 1. The smallest absolute Gasteiger partial charge is 0.118 e. The molecule has 0 spiro atoms. The van der Waals surface area contributed by atoms with Crippen LogP contribution in [0.2, 0.25) is 0 Å². The number of benzene rings is 2. The Bertz CT molecular complexity index is 525. The first kappa shape index (κ1) is 24.2. The zero-order valence-corrected chi connectivity index (χ0v) is 16.1. The highest BCUT2D eigenvalue weighted by Crippen LogP contribution is 2.12. The summed E-state index contributed by atoms with van der Waals surface area (Å²) < 4.78 is 9.97. The number of rotatable bonds is 7. The molecule has 0 aliphatic heterocycles. The zero-order chi connectivity index (χ0) is 19.6. The molecule has 2 rings (SSSR count). The van der Waals surface area contributed by atoms with Gasteiger partial charge >= 0.3 is 0 Å². The van der Waals surface area contributed by atoms with Gasteiger partial charge in [0.15, 0.2) is 0 Å². The van der Waals surface area contributed by atoms with Crippen LogP contribution in [0.1, 0.15) is 11.1 Å². The third-order valence-corrected chi connectivity index (χ3v) is 3.35. The van der Waals surface area contributed by atoms with Crippen LogP contribution < -0.4 is 20.5 Å². The van der Waals surface area contributed by atoms with Crippen molar-refractivity contribution in [1.82, 2.24) is 5.32 Å². The Kier molecular flexibility index (Phi) is 15.5. The number of alkyl halides is 1. The molecule has 0 aliphatic carbocycles. The quantitative estimate of drug-likeness (QED) is 0.431. The highest BCUT2D eigenvalue weighted by molar-refractivity contribution is 6.17. The van der Waals surface area contributed by atoms with Crippen molar-refractivity contribution in [2.24, 2.45) is 5.73 Å². The Balaban J connectivity index is 0.000000405. The second-order valence-electron chi connectivity index (χ2n) is 4.93. The fourth-order valence-electron chi connectivity index (χ4n) is 1.66. The van der Waals surface area contributed by atoms with Crippen molar-refractivity contribution >= 4 is 11.6 Å². The van der Waals surface area contributed by atoms with Crippen LogP contribution in [0.25, 0.3) is 0 Å². The van der Waals surface area contributed by atoms with Crippen LogP contribution in [-0.4, -0.2) is 44.3 Å². The molecule has 146 valence electrons. The largest absolute Gasteiger partial charge is 0.497 e. The number of hydrogen-bond donors (Lipinski definition) is 4. The van der Waals surface area contributed by atoms with Crippen molar-refractivity contribution in [1.29, 1.82) is 0 Å². The van der Waals surface area contributed by atoms with Crippen LogP contribution in [0.15, 0.2) is 48.5 Å². The summed E-state index contributed by atoms with van der Waals surface area (Å²) in [6.45, 7) is 1.16. The van der Waals surface area contributed by atoms with Gasteiger partial charge in [0.25, 0.3) is 0 Å². The third-order valence-electron chi connectivity index (χ3n) is 3.04. The SMILES string of the molecule is COc1ccc(CCl)cc1.COc1ccc(CNCO)cc1.NCCO. The van der Waals surface area contributed by atoms with E-state index in [1.807, 2.05) is 48.5 Å². The van der Waals surface area contributed by atoms with Crippen LogP contribution in [0.3, 0.4) is 0 Å². The first-order chi connectivity index (χ1) is 12.6. The van der Waals surface area contributed by atoms with E-state index in [1.165, 1.54) is 0 Å². The molecule has 26 heavy (non-hydrogen) atoms. The van der Waals surface area contributed by atoms with Crippen molar-refractivity contribution in [2.75, 3.05) is 34.1 Å². The average Bonchev–Trinajstić information content (AvgIpc) is 2.73. The summed E-state index contributed by atoms with van der Waals surface area (Å²) in [4.78, 5) is 0. The molecule has 2 aromatic rings. The predicted octanol–water partition coefficient (Wildman–Crippen LogP) is 2.11. The van der Waals surface area contributed by atoms with Gasteiger partial charge in [-0.3, -0.25) is 5.32 Å². The lowest BCUT2D eigenvalue weighted by atomic mass is 10.2. The molecule has 0 amide bonds. The summed E-state index contributed by atoms with van der Waals surface area (Å²) in [5.74, 6) is 2.28. The van der Waals surface area contributed by atoms with E-state index in [4.69, 9.17) is 37.0 Å². The van der Waals surface area contributed by atoms with E-state index in [9.17, 15) is 0 Å². The van der Waals surface area contributed by atoms with Crippen LogP contribution in [0, 0.1) is 0 Å². The van der Waals surface area contributed by atoms with E-state index in [1.54, 1.807) is 14.2 Å². The highest BCUT2D eigenvalue weighted by Gasteiger charge is 1.92. The lowest BCUT2D eigenvalue weighted by Crippen LogP contribution is -2.13. The number of aliphatic hydroxyl groups excluding tert-OH is 2. The van der Waals surface area contributed by atoms with Gasteiger partial charge in [0.2, 0.25) is 0 Å². The summed E-state index contributed by atoms with van der Waals surface area (Å²) in [5.41, 5.74) is 7.02. The molecule has 0 bridgehead atoms. The molecule has 0 saturated heterocycles. The van der Waals surface area contributed by atoms with Gasteiger partial charge in [-0.2, -0.15) is 0 Å². The van der Waals surface area contributed by atoms with Crippen LogP contribution >= 0.6 is 11.6 Å². The molecule has 0 radical (unpaired) electrons. The molecule has 0 saturated carbocycles. The first-order valence-corrected chi connectivity index (χ1v) is 8.62. The van der Waals surface area contributed by atoms with Gasteiger partial charge in [0.05, 0.1) is 27.6 Å². The van der Waals surface area contributed by atoms with Gasteiger partial charge < -0.3 is 25.4 Å². The molecular formula is C19H29ClN2O4. The molecule has 6 nitrogen and oxygen atoms in total. The average molecular weight is 385 g/mol. The van der Waals surface area contributed by atoms with Crippen LogP contribution in [-0.2, 0) is 12.4 Å². The number of nitrogens with two attached hydrogens (primary N) is 1. The summed E-state index contributed by atoms with van der Waals surface area (Å²) >= 11 is 5.58. The van der Waals surface area contributed by atoms with Gasteiger partial charge in [0.1, 0.15) is 11.5 Å². The van der Waals surface area contributed by atoms with E-state index in [2.05, 4.69) is 5.32 Å². The Morgan fingerprint density at radius 2 is 1.31 bits per heavy atom. The number of ether oxygens (including phenoxy) is 2. The monoisotopic (exact) mass is 384 g/mol. The van der Waals surface area contributed by atoms with E-state index in [-0.39, 0.29) is 13.3 Å². The number of methoxy groups -OCH3 is 2. The van der Waals surface area contributed by atoms with Crippen molar-refractivity contribution in [2.45, 2.75) is 12.4 Å². The number of aliphatic hydroxyl groups is 2. The minimum Gasteiger partial charge on any atom is -0.497 e. The van der Waals surface area contributed by atoms with E-state index in [0.29, 0.717) is 19.0 Å². The zero-order valence-electron chi connectivity index (χ0n) is 15.3. The maximum Gasteiger partial charge on any atom is 0.118 e. The Hall–Kier alpha value is -1.83. The van der Waals surface area contributed by atoms with Crippen molar-refractivity contribution in [3.05, 3.63) is 59.7 Å². The first-order valence-electron chi connectivity index (χ1n) is 8.09. The summed E-state index contributed by atoms with van der Waals surface area (Å²) in [6.07, 6.45) is 0. The Labute approximate surface area is 160 Å². The van der Waals surface area contributed by atoms with Crippen molar-refractivity contribution in [3.8, 4) is 11.5 Å². The Morgan fingerprint density at radius 1 is 0.885 bits per heavy atom. The van der Waals surface area contributed by atoms with Crippen LogP contribution in [0.5, 0.6) is 11.5 Å². The minimum atomic E-state index is 0.00598. The lowest BCUT2D eigenvalue weighted by Gasteiger charge is -2.02.